The molecular weight excluding hydrogens is 290 g/mol. The average molecular weight is 313 g/mol. The molecule has 22 heavy (non-hydrogen) atoms. The van der Waals surface area contributed by atoms with Crippen LogP contribution in [0.3, 0.4) is 0 Å². The lowest BCUT2D eigenvalue weighted by atomic mass is 9.92. The maximum absolute atomic E-state index is 11.8. The third kappa shape index (κ3) is 4.02. The molecule has 2 aliphatic rings. The second kappa shape index (κ2) is 6.02. The number of β-lactam (4-membered cyclic amide) rings is 1. The third-order valence-corrected chi connectivity index (χ3v) is 3.58. The van der Waals surface area contributed by atoms with Crippen LogP contribution in [0.5, 0.6) is 0 Å². The molecule has 3 amide bonds. The highest BCUT2D eigenvalue weighted by Crippen LogP contribution is 2.19. The van der Waals surface area contributed by atoms with Crippen LogP contribution in [0.1, 0.15) is 27.7 Å². The van der Waals surface area contributed by atoms with Crippen molar-refractivity contribution in [2.45, 2.75) is 45.4 Å². The van der Waals surface area contributed by atoms with Gasteiger partial charge in [-0.15, -0.1) is 0 Å². The van der Waals surface area contributed by atoms with Gasteiger partial charge in [0.15, 0.2) is 0 Å². The maximum Gasteiger partial charge on any atom is 0.410 e. The van der Waals surface area contributed by atoms with Gasteiger partial charge in [0.1, 0.15) is 11.7 Å². The average Bonchev–Trinajstić information content (AvgIpc) is 2.74. The van der Waals surface area contributed by atoms with E-state index in [4.69, 9.17) is 9.47 Å². The molecule has 2 aliphatic heterocycles. The van der Waals surface area contributed by atoms with Gasteiger partial charge >= 0.3 is 12.2 Å². The fourth-order valence-corrected chi connectivity index (χ4v) is 2.31. The van der Waals surface area contributed by atoms with Crippen molar-refractivity contribution in [1.82, 2.24) is 15.5 Å². The first-order valence-corrected chi connectivity index (χ1v) is 7.38. The smallest absolute Gasteiger partial charge is 0.410 e. The van der Waals surface area contributed by atoms with E-state index in [-0.39, 0.29) is 24.4 Å². The first-order chi connectivity index (χ1) is 10.2. The summed E-state index contributed by atoms with van der Waals surface area (Å²) in [5.41, 5.74) is -0.568. The molecule has 3 atom stereocenters. The van der Waals surface area contributed by atoms with Crippen molar-refractivity contribution in [3.63, 3.8) is 0 Å². The Morgan fingerprint density at radius 3 is 2.68 bits per heavy atom. The van der Waals surface area contributed by atoms with Crippen LogP contribution < -0.4 is 10.6 Å². The predicted molar refractivity (Wildman–Crippen MR) is 77.2 cm³/mol. The van der Waals surface area contributed by atoms with Gasteiger partial charge in [0.25, 0.3) is 0 Å². The fourth-order valence-electron chi connectivity index (χ4n) is 2.31. The number of cyclic esters (lactones) is 1. The van der Waals surface area contributed by atoms with Crippen molar-refractivity contribution < 1.29 is 23.9 Å². The van der Waals surface area contributed by atoms with Crippen molar-refractivity contribution in [2.24, 2.45) is 5.92 Å². The Labute approximate surface area is 129 Å². The zero-order chi connectivity index (χ0) is 16.5. The van der Waals surface area contributed by atoms with Gasteiger partial charge in [0.05, 0.1) is 25.0 Å². The molecule has 0 aliphatic carbocycles. The van der Waals surface area contributed by atoms with E-state index >= 15 is 0 Å². The maximum atomic E-state index is 11.8. The van der Waals surface area contributed by atoms with E-state index in [1.54, 1.807) is 25.7 Å². The monoisotopic (exact) mass is 313 g/mol. The predicted octanol–water partition coefficient (Wildman–Crippen LogP) is 0.466. The Bertz CT molecular complexity index is 474. The van der Waals surface area contributed by atoms with Crippen LogP contribution in [-0.4, -0.2) is 60.4 Å². The molecule has 8 heteroatoms. The van der Waals surface area contributed by atoms with Gasteiger partial charge in [-0.2, -0.15) is 0 Å². The number of nitrogens with zero attached hydrogens (tertiary/aromatic N) is 1. The zero-order valence-corrected chi connectivity index (χ0v) is 13.3. The minimum absolute atomic E-state index is 0.000654. The minimum Gasteiger partial charge on any atom is -0.444 e. The van der Waals surface area contributed by atoms with Crippen molar-refractivity contribution >= 4 is 18.1 Å². The minimum atomic E-state index is -0.568. The number of rotatable bonds is 4. The number of amides is 3. The van der Waals surface area contributed by atoms with E-state index in [9.17, 15) is 14.4 Å². The molecule has 0 aromatic rings. The summed E-state index contributed by atoms with van der Waals surface area (Å²) in [6.07, 6.45) is -1.38. The van der Waals surface area contributed by atoms with Gasteiger partial charge in [-0.3, -0.25) is 4.79 Å². The standard InChI is InChI=1S/C14H23N3O5/c1-8-10(16-11(8)18)7-17-6-9(21-13(17)20)5-15-12(19)22-14(2,3)4/h8-10H,5-7H2,1-4H3,(H,15,19)(H,16,18)/t8-,9+,10+/m0/s1. The molecule has 0 saturated carbocycles. The van der Waals surface area contributed by atoms with Crippen LogP contribution in [0.15, 0.2) is 0 Å². The van der Waals surface area contributed by atoms with Crippen molar-refractivity contribution in [1.29, 1.82) is 0 Å². The van der Waals surface area contributed by atoms with E-state index in [0.717, 1.165) is 0 Å². The van der Waals surface area contributed by atoms with Crippen molar-refractivity contribution in [2.75, 3.05) is 19.6 Å². The van der Waals surface area contributed by atoms with Gasteiger partial charge in [0, 0.05) is 6.54 Å². The number of nitrogens with one attached hydrogen (secondary N) is 2. The van der Waals surface area contributed by atoms with Crippen molar-refractivity contribution in [3.8, 4) is 0 Å². The molecule has 0 spiro atoms. The van der Waals surface area contributed by atoms with Gasteiger partial charge < -0.3 is 25.0 Å². The molecule has 0 bridgehead atoms. The van der Waals surface area contributed by atoms with E-state index in [2.05, 4.69) is 10.6 Å². The zero-order valence-electron chi connectivity index (χ0n) is 13.3. The molecule has 2 N–H and O–H groups in total. The molecule has 0 aromatic heterocycles. The lowest BCUT2D eigenvalue weighted by Gasteiger charge is -2.36. The summed E-state index contributed by atoms with van der Waals surface area (Å²) < 4.78 is 10.3. The van der Waals surface area contributed by atoms with Crippen LogP contribution in [0.2, 0.25) is 0 Å². The van der Waals surface area contributed by atoms with Crippen LogP contribution in [0, 0.1) is 5.92 Å². The van der Waals surface area contributed by atoms with Crippen molar-refractivity contribution in [3.05, 3.63) is 0 Å². The highest BCUT2D eigenvalue weighted by Gasteiger charge is 2.40. The topological polar surface area (TPSA) is 97.0 Å². The third-order valence-electron chi connectivity index (χ3n) is 3.58. The number of carbonyl (C=O) groups excluding carboxylic acids is 3. The summed E-state index contributed by atoms with van der Waals surface area (Å²) in [5.74, 6) is -0.0903. The van der Waals surface area contributed by atoms with Gasteiger partial charge in [0.2, 0.25) is 5.91 Å². The number of alkyl carbamates (subject to hydrolysis) is 1. The Morgan fingerprint density at radius 1 is 1.45 bits per heavy atom. The number of carbonyl (C=O) groups is 3. The van der Waals surface area contributed by atoms with E-state index in [1.807, 2.05) is 6.92 Å². The highest BCUT2D eigenvalue weighted by molar-refractivity contribution is 5.85. The Hall–Kier alpha value is -1.99. The molecule has 2 saturated heterocycles. The molecule has 0 aromatic carbocycles. The van der Waals surface area contributed by atoms with Gasteiger partial charge in [-0.25, -0.2) is 9.59 Å². The first kappa shape index (κ1) is 16.4. The summed E-state index contributed by atoms with van der Waals surface area (Å²) >= 11 is 0. The molecule has 0 radical (unpaired) electrons. The second-order valence-electron chi connectivity index (χ2n) is 6.70. The van der Waals surface area contributed by atoms with Crippen LogP contribution >= 0.6 is 0 Å². The summed E-state index contributed by atoms with van der Waals surface area (Å²) in [4.78, 5) is 36.0. The number of ether oxygens (including phenoxy) is 2. The van der Waals surface area contributed by atoms with E-state index in [1.165, 1.54) is 0 Å². The molecular formula is C14H23N3O5. The highest BCUT2D eigenvalue weighted by atomic mass is 16.6. The quantitative estimate of drug-likeness (QED) is 0.735. The summed E-state index contributed by atoms with van der Waals surface area (Å²) in [6.45, 7) is 8.16. The van der Waals surface area contributed by atoms with E-state index in [0.29, 0.717) is 13.1 Å². The van der Waals surface area contributed by atoms with E-state index < -0.39 is 23.9 Å². The Balaban J connectivity index is 1.73. The number of hydrogen-bond acceptors (Lipinski definition) is 5. The van der Waals surface area contributed by atoms with Crippen LogP contribution in [0.4, 0.5) is 9.59 Å². The lowest BCUT2D eigenvalue weighted by Crippen LogP contribution is -2.61. The van der Waals surface area contributed by atoms with Crippen LogP contribution in [0.25, 0.3) is 0 Å². The van der Waals surface area contributed by atoms with Gasteiger partial charge in [-0.05, 0) is 20.8 Å². The van der Waals surface area contributed by atoms with Gasteiger partial charge in [-0.1, -0.05) is 6.92 Å². The normalized spacial score (nSPS) is 27.8. The molecule has 2 rings (SSSR count). The molecule has 2 fully saturated rings. The second-order valence-corrected chi connectivity index (χ2v) is 6.70. The number of hydrogen-bond donors (Lipinski definition) is 2. The summed E-state index contributed by atoms with van der Waals surface area (Å²) in [6, 6.07) is -0.0300. The fraction of sp³-hybridized carbons (Fsp3) is 0.786. The first-order valence-electron chi connectivity index (χ1n) is 7.38. The SMILES string of the molecule is C[C@@H]1C(=O)N[C@@H]1CN1C[C@@H](CNC(=O)OC(C)(C)C)OC1=O. The Morgan fingerprint density at radius 2 is 2.14 bits per heavy atom. The Kier molecular flexibility index (Phi) is 4.48. The molecule has 124 valence electrons. The summed E-state index contributed by atoms with van der Waals surface area (Å²) in [7, 11) is 0. The largest absolute Gasteiger partial charge is 0.444 e. The van der Waals surface area contributed by atoms with Crippen LogP contribution in [-0.2, 0) is 14.3 Å². The molecule has 8 nitrogen and oxygen atoms in total. The molecule has 2 heterocycles. The summed E-state index contributed by atoms with van der Waals surface area (Å²) in [5, 5.41) is 5.34. The molecule has 0 unspecified atom stereocenters. The lowest BCUT2D eigenvalue weighted by molar-refractivity contribution is -0.134.